The lowest BCUT2D eigenvalue weighted by Gasteiger charge is -2.08. The van der Waals surface area contributed by atoms with E-state index >= 15 is 0 Å². The molecule has 0 saturated carbocycles. The van der Waals surface area contributed by atoms with Crippen molar-refractivity contribution < 1.29 is 14.3 Å². The molecule has 0 saturated heterocycles. The second-order valence-corrected chi connectivity index (χ2v) is 6.28. The van der Waals surface area contributed by atoms with E-state index < -0.39 is 5.97 Å². The third-order valence-electron chi connectivity index (χ3n) is 2.45. The smallest absolute Gasteiger partial charge is 0.340 e. The van der Waals surface area contributed by atoms with Crippen LogP contribution in [0.2, 0.25) is 0 Å². The van der Waals surface area contributed by atoms with Gasteiger partial charge in [-0.1, -0.05) is 0 Å². The zero-order valence-corrected chi connectivity index (χ0v) is 12.6. The van der Waals surface area contributed by atoms with Gasteiger partial charge in [0.2, 0.25) is 0 Å². The number of hydrogen-bond donors (Lipinski definition) is 1. The minimum atomic E-state index is -0.457. The summed E-state index contributed by atoms with van der Waals surface area (Å²) in [6.07, 6.45) is 0. The highest BCUT2D eigenvalue weighted by Crippen LogP contribution is 2.24. The number of carbonyl (C=O) groups excluding carboxylic acids is 1. The van der Waals surface area contributed by atoms with Gasteiger partial charge in [0.05, 0.1) is 16.5 Å². The van der Waals surface area contributed by atoms with Crippen LogP contribution in [0.4, 0.5) is 5.69 Å². The van der Waals surface area contributed by atoms with E-state index in [-0.39, 0.29) is 6.61 Å². The van der Waals surface area contributed by atoms with Crippen molar-refractivity contribution in [3.05, 3.63) is 44.6 Å². The topological polar surface area (TPSA) is 61.5 Å². The highest BCUT2D eigenvalue weighted by molar-refractivity contribution is 9.11. The number of thiophene rings is 1. The number of benzene rings is 1. The molecule has 1 aromatic carbocycles. The molecule has 0 atom stereocenters. The van der Waals surface area contributed by atoms with Gasteiger partial charge in [-0.25, -0.2) is 4.79 Å². The van der Waals surface area contributed by atoms with E-state index in [1.165, 1.54) is 18.4 Å². The molecule has 0 radical (unpaired) electrons. The monoisotopic (exact) mass is 341 g/mol. The van der Waals surface area contributed by atoms with Crippen molar-refractivity contribution in [2.24, 2.45) is 0 Å². The van der Waals surface area contributed by atoms with E-state index in [4.69, 9.17) is 15.2 Å². The van der Waals surface area contributed by atoms with Crippen molar-refractivity contribution in [1.29, 1.82) is 0 Å². The average molecular weight is 342 g/mol. The van der Waals surface area contributed by atoms with Gasteiger partial charge in [0.1, 0.15) is 12.4 Å². The molecule has 1 aromatic heterocycles. The number of methoxy groups -OCH3 is 1. The maximum Gasteiger partial charge on any atom is 0.340 e. The number of nitrogens with two attached hydrogens (primary N) is 1. The van der Waals surface area contributed by atoms with E-state index in [1.54, 1.807) is 18.2 Å². The Hall–Kier alpha value is -1.53. The van der Waals surface area contributed by atoms with Crippen LogP contribution in [0.15, 0.2) is 34.1 Å². The van der Waals surface area contributed by atoms with Gasteiger partial charge in [-0.05, 0) is 46.3 Å². The van der Waals surface area contributed by atoms with Crippen molar-refractivity contribution in [2.75, 3.05) is 12.8 Å². The standard InChI is InChI=1S/C13H12BrNO3S/c1-17-8-2-4-11(15)10(6-8)13(16)18-7-9-3-5-12(14)19-9/h2-6H,7,15H2,1H3. The molecule has 6 heteroatoms. The van der Waals surface area contributed by atoms with Gasteiger partial charge in [-0.15, -0.1) is 11.3 Å². The summed E-state index contributed by atoms with van der Waals surface area (Å²) in [4.78, 5) is 12.9. The lowest BCUT2D eigenvalue weighted by Crippen LogP contribution is -2.08. The molecule has 4 nitrogen and oxygen atoms in total. The van der Waals surface area contributed by atoms with Gasteiger partial charge in [-0.2, -0.15) is 0 Å². The Kier molecular flexibility index (Phi) is 4.44. The summed E-state index contributed by atoms with van der Waals surface area (Å²) in [6.45, 7) is 0.228. The average Bonchev–Trinajstić information content (AvgIpc) is 2.82. The summed E-state index contributed by atoms with van der Waals surface area (Å²) in [5.41, 5.74) is 6.44. The number of hydrogen-bond acceptors (Lipinski definition) is 5. The van der Waals surface area contributed by atoms with Crippen molar-refractivity contribution in [3.8, 4) is 5.75 Å². The maximum absolute atomic E-state index is 11.9. The van der Waals surface area contributed by atoms with Gasteiger partial charge in [-0.3, -0.25) is 0 Å². The van der Waals surface area contributed by atoms with Crippen LogP contribution in [0.25, 0.3) is 0 Å². The van der Waals surface area contributed by atoms with Crippen LogP contribution < -0.4 is 10.5 Å². The quantitative estimate of drug-likeness (QED) is 0.683. The Morgan fingerprint density at radius 2 is 2.16 bits per heavy atom. The first-order valence-corrected chi connectivity index (χ1v) is 7.06. The largest absolute Gasteiger partial charge is 0.497 e. The fraction of sp³-hybridized carbons (Fsp3) is 0.154. The van der Waals surface area contributed by atoms with Crippen LogP contribution in [-0.4, -0.2) is 13.1 Å². The van der Waals surface area contributed by atoms with E-state index in [0.717, 1.165) is 8.66 Å². The van der Waals surface area contributed by atoms with E-state index in [2.05, 4.69) is 15.9 Å². The minimum Gasteiger partial charge on any atom is -0.497 e. The second-order valence-electron chi connectivity index (χ2n) is 3.74. The SMILES string of the molecule is COc1ccc(N)c(C(=O)OCc2ccc(Br)s2)c1. The van der Waals surface area contributed by atoms with Gasteiger partial charge in [0.15, 0.2) is 0 Å². The second kappa shape index (κ2) is 6.08. The third-order valence-corrected chi connectivity index (χ3v) is 4.05. The molecule has 0 fully saturated rings. The van der Waals surface area contributed by atoms with E-state index in [0.29, 0.717) is 17.0 Å². The first-order chi connectivity index (χ1) is 9.10. The molecule has 2 rings (SSSR count). The summed E-state index contributed by atoms with van der Waals surface area (Å²) in [7, 11) is 1.53. The number of ether oxygens (including phenoxy) is 2. The van der Waals surface area contributed by atoms with Crippen LogP contribution >= 0.6 is 27.3 Å². The van der Waals surface area contributed by atoms with Gasteiger partial charge in [0, 0.05) is 10.6 Å². The van der Waals surface area contributed by atoms with Crippen LogP contribution in [0, 0.1) is 0 Å². The first kappa shape index (κ1) is 13.9. The van der Waals surface area contributed by atoms with Crippen molar-refractivity contribution in [3.63, 3.8) is 0 Å². The molecule has 0 aliphatic carbocycles. The van der Waals surface area contributed by atoms with Crippen LogP contribution in [0.3, 0.4) is 0 Å². The molecule has 2 N–H and O–H groups in total. The van der Waals surface area contributed by atoms with Crippen molar-refractivity contribution in [1.82, 2.24) is 0 Å². The lowest BCUT2D eigenvalue weighted by atomic mass is 10.2. The molecule has 19 heavy (non-hydrogen) atoms. The molecular formula is C13H12BrNO3S. The molecular weight excluding hydrogens is 330 g/mol. The lowest BCUT2D eigenvalue weighted by molar-refractivity contribution is 0.0477. The van der Waals surface area contributed by atoms with E-state index in [9.17, 15) is 4.79 Å². The molecule has 1 heterocycles. The van der Waals surface area contributed by atoms with Crippen LogP contribution in [0.5, 0.6) is 5.75 Å². The molecule has 0 aliphatic heterocycles. The number of anilines is 1. The predicted octanol–water partition coefficient (Wildman–Crippen LogP) is 3.46. The molecule has 0 unspecified atom stereocenters. The Balaban J connectivity index is 2.07. The summed E-state index contributed by atoms with van der Waals surface area (Å²) < 4.78 is 11.3. The number of esters is 1. The fourth-order valence-electron chi connectivity index (χ4n) is 1.48. The number of halogens is 1. The zero-order chi connectivity index (χ0) is 13.8. The summed E-state index contributed by atoms with van der Waals surface area (Å²) >= 11 is 4.88. The maximum atomic E-state index is 11.9. The number of rotatable bonds is 4. The summed E-state index contributed by atoms with van der Waals surface area (Å²) in [6, 6.07) is 8.70. The van der Waals surface area contributed by atoms with Crippen molar-refractivity contribution in [2.45, 2.75) is 6.61 Å². The summed E-state index contributed by atoms with van der Waals surface area (Å²) in [5.74, 6) is 0.112. The number of nitrogen functional groups attached to an aromatic ring is 1. The molecule has 100 valence electrons. The molecule has 2 aromatic rings. The molecule has 0 aliphatic rings. The Labute approximate surface area is 123 Å². The molecule has 0 spiro atoms. The molecule has 0 amide bonds. The van der Waals surface area contributed by atoms with Gasteiger partial charge >= 0.3 is 5.97 Å². The molecule has 0 bridgehead atoms. The van der Waals surface area contributed by atoms with Crippen LogP contribution in [-0.2, 0) is 11.3 Å². The fourth-order valence-corrected chi connectivity index (χ4v) is 2.88. The summed E-state index contributed by atoms with van der Waals surface area (Å²) in [5, 5.41) is 0. The predicted molar refractivity (Wildman–Crippen MR) is 78.5 cm³/mol. The third kappa shape index (κ3) is 3.48. The van der Waals surface area contributed by atoms with Gasteiger partial charge < -0.3 is 15.2 Å². The van der Waals surface area contributed by atoms with Crippen LogP contribution in [0.1, 0.15) is 15.2 Å². The highest BCUT2D eigenvalue weighted by Gasteiger charge is 2.13. The highest BCUT2D eigenvalue weighted by atomic mass is 79.9. The van der Waals surface area contributed by atoms with Gasteiger partial charge in [0.25, 0.3) is 0 Å². The van der Waals surface area contributed by atoms with E-state index in [1.807, 2.05) is 12.1 Å². The number of carbonyl (C=O) groups is 1. The first-order valence-electron chi connectivity index (χ1n) is 5.45. The zero-order valence-electron chi connectivity index (χ0n) is 10.2. The Morgan fingerprint density at radius 3 is 2.79 bits per heavy atom. The Morgan fingerprint density at radius 1 is 1.37 bits per heavy atom. The minimum absolute atomic E-state index is 0.228. The van der Waals surface area contributed by atoms with Crippen molar-refractivity contribution >= 4 is 38.9 Å². The normalized spacial score (nSPS) is 10.2. The Bertz CT molecular complexity index is 597.